The van der Waals surface area contributed by atoms with Gasteiger partial charge in [0, 0.05) is 34.1 Å². The fourth-order valence-electron chi connectivity index (χ4n) is 5.13. The molecule has 2 heterocycles. The van der Waals surface area contributed by atoms with Crippen molar-refractivity contribution in [2.24, 2.45) is 0 Å². The van der Waals surface area contributed by atoms with Crippen LogP contribution in [0, 0.1) is 13.8 Å². The molecule has 2 unspecified atom stereocenters. The van der Waals surface area contributed by atoms with Crippen molar-refractivity contribution in [3.8, 4) is 23.0 Å². The summed E-state index contributed by atoms with van der Waals surface area (Å²) in [6.45, 7) is 16.9. The second kappa shape index (κ2) is 12.3. The van der Waals surface area contributed by atoms with Crippen LogP contribution < -0.4 is 18.9 Å². The summed E-state index contributed by atoms with van der Waals surface area (Å²) in [5.41, 5.74) is 1.46. The lowest BCUT2D eigenvalue weighted by Gasteiger charge is -2.53. The molecule has 12 nitrogen and oxygen atoms in total. The number of benzene rings is 2. The Hall–Kier alpha value is -5.00. The first-order chi connectivity index (χ1) is 20.7. The summed E-state index contributed by atoms with van der Waals surface area (Å²) in [6.07, 6.45) is -1.12. The normalized spacial score (nSPS) is 18.3. The molecule has 2 aliphatic rings. The van der Waals surface area contributed by atoms with Crippen LogP contribution in [0.15, 0.2) is 49.6 Å². The Morgan fingerprint density at radius 1 is 0.682 bits per heavy atom. The zero-order valence-corrected chi connectivity index (χ0v) is 25.3. The van der Waals surface area contributed by atoms with Crippen LogP contribution in [0.4, 0.5) is 9.59 Å². The van der Waals surface area contributed by atoms with Crippen molar-refractivity contribution in [1.82, 2.24) is 0 Å². The molecule has 0 radical (unpaired) electrons. The van der Waals surface area contributed by atoms with E-state index in [2.05, 4.69) is 22.6 Å². The first kappa shape index (κ1) is 31.9. The van der Waals surface area contributed by atoms with E-state index in [0.29, 0.717) is 22.6 Å². The van der Waals surface area contributed by atoms with Gasteiger partial charge in [0.15, 0.2) is 0 Å². The maximum absolute atomic E-state index is 12.3. The minimum absolute atomic E-state index is 0.248. The van der Waals surface area contributed by atoms with Crippen molar-refractivity contribution in [2.75, 3.05) is 13.6 Å². The molecule has 2 aromatic carbocycles. The Labute approximate surface area is 254 Å². The van der Waals surface area contributed by atoms with Gasteiger partial charge in [-0.2, -0.15) is 0 Å². The fourth-order valence-corrected chi connectivity index (χ4v) is 5.13. The zero-order valence-electron chi connectivity index (χ0n) is 25.3. The van der Waals surface area contributed by atoms with E-state index in [1.807, 2.05) is 27.7 Å². The van der Waals surface area contributed by atoms with E-state index in [-0.39, 0.29) is 11.5 Å². The number of hydrogen-bond acceptors (Lipinski definition) is 12. The second-order valence-electron chi connectivity index (χ2n) is 11.3. The summed E-state index contributed by atoms with van der Waals surface area (Å²) in [5, 5.41) is 0. The van der Waals surface area contributed by atoms with Crippen molar-refractivity contribution >= 4 is 24.2 Å². The Morgan fingerprint density at radius 3 is 1.39 bits per heavy atom. The van der Waals surface area contributed by atoms with Gasteiger partial charge in [-0.05, 0) is 49.2 Å². The zero-order chi connectivity index (χ0) is 32.4. The summed E-state index contributed by atoms with van der Waals surface area (Å²) in [7, 11) is 0. The third-order valence-electron chi connectivity index (χ3n) is 7.62. The summed E-state index contributed by atoms with van der Waals surface area (Å²) < 4.78 is 42.9. The van der Waals surface area contributed by atoms with Crippen LogP contribution in [0.2, 0.25) is 0 Å². The van der Waals surface area contributed by atoms with Crippen LogP contribution in [0.25, 0.3) is 0 Å². The molecule has 2 aliphatic heterocycles. The van der Waals surface area contributed by atoms with Crippen molar-refractivity contribution < 1.29 is 57.1 Å². The number of esters is 2. The quantitative estimate of drug-likeness (QED) is 0.162. The fraction of sp³-hybridized carbons (Fsp3) is 0.375. The molecule has 0 saturated carbocycles. The highest BCUT2D eigenvalue weighted by atomic mass is 16.8. The van der Waals surface area contributed by atoms with Gasteiger partial charge in [0.25, 0.3) is 0 Å². The minimum Gasteiger partial charge on any atom is -0.485 e. The van der Waals surface area contributed by atoms with Crippen LogP contribution in [0.1, 0.15) is 49.9 Å². The van der Waals surface area contributed by atoms with E-state index in [1.165, 1.54) is 0 Å². The van der Waals surface area contributed by atoms with Crippen molar-refractivity contribution in [2.45, 2.75) is 64.6 Å². The van der Waals surface area contributed by atoms with Gasteiger partial charge in [0.2, 0.25) is 13.6 Å². The van der Waals surface area contributed by atoms with E-state index in [9.17, 15) is 19.2 Å². The highest BCUT2D eigenvalue weighted by Crippen LogP contribution is 2.54. The maximum atomic E-state index is 12.3. The van der Waals surface area contributed by atoms with Gasteiger partial charge in [-0.3, -0.25) is 0 Å². The lowest BCUT2D eigenvalue weighted by Crippen LogP contribution is -2.61. The Morgan fingerprint density at radius 2 is 1.05 bits per heavy atom. The summed E-state index contributed by atoms with van der Waals surface area (Å²) in [5.74, 6) is 0.208. The molecule has 2 atom stereocenters. The Balaban J connectivity index is 1.57. The third kappa shape index (κ3) is 6.34. The van der Waals surface area contributed by atoms with Crippen molar-refractivity contribution in [3.05, 3.63) is 71.8 Å². The summed E-state index contributed by atoms with van der Waals surface area (Å²) >= 11 is 0. The predicted molar refractivity (Wildman–Crippen MR) is 154 cm³/mol. The monoisotopic (exact) mass is 610 g/mol. The van der Waals surface area contributed by atoms with Crippen molar-refractivity contribution in [1.29, 1.82) is 0 Å². The third-order valence-corrected chi connectivity index (χ3v) is 7.62. The van der Waals surface area contributed by atoms with E-state index < -0.39 is 60.9 Å². The van der Waals surface area contributed by atoms with Gasteiger partial charge < -0.3 is 37.9 Å². The number of aryl methyl sites for hydroxylation is 2. The molecule has 2 aromatic rings. The van der Waals surface area contributed by atoms with Gasteiger partial charge in [0.05, 0.1) is 0 Å². The molecule has 4 rings (SSSR count). The topological polar surface area (TPSA) is 142 Å². The molecule has 0 spiro atoms. The van der Waals surface area contributed by atoms with Gasteiger partial charge in [-0.15, -0.1) is 0 Å². The van der Waals surface area contributed by atoms with Crippen LogP contribution >= 0.6 is 0 Å². The van der Waals surface area contributed by atoms with Crippen LogP contribution in [-0.2, 0) is 39.4 Å². The van der Waals surface area contributed by atoms with Crippen LogP contribution in [0.5, 0.6) is 23.0 Å². The Bertz CT molecular complexity index is 1410. The molecule has 0 aliphatic carbocycles. The SMILES string of the molecule is C=CC(=O)OCOC(=O)Oc1cc2c(cc1C)OC1C(Oc3cc(C)c(OC(=O)OCOC(=O)C=C)cc3C1(C)C)C2(C)C. The molecule has 234 valence electrons. The van der Waals surface area contributed by atoms with Crippen LogP contribution in [-0.4, -0.2) is 50.0 Å². The average Bonchev–Trinajstić information content (AvgIpc) is 2.95. The molecule has 0 aromatic heterocycles. The number of hydrogen-bond donors (Lipinski definition) is 0. The lowest BCUT2D eigenvalue weighted by molar-refractivity contribution is -0.147. The molecule has 0 saturated heterocycles. The van der Waals surface area contributed by atoms with E-state index in [0.717, 1.165) is 23.3 Å². The van der Waals surface area contributed by atoms with Gasteiger partial charge >= 0.3 is 24.2 Å². The lowest BCUT2D eigenvalue weighted by atomic mass is 9.65. The number of rotatable bonds is 8. The summed E-state index contributed by atoms with van der Waals surface area (Å²) in [6, 6.07) is 6.98. The first-order valence-corrected chi connectivity index (χ1v) is 13.6. The highest BCUT2D eigenvalue weighted by molar-refractivity contribution is 5.81. The highest BCUT2D eigenvalue weighted by Gasteiger charge is 2.56. The number of carbonyl (C=O) groups excluding carboxylic acids is 4. The van der Waals surface area contributed by atoms with E-state index in [1.54, 1.807) is 38.1 Å². The minimum atomic E-state index is -1.04. The molecule has 0 bridgehead atoms. The second-order valence-corrected chi connectivity index (χ2v) is 11.3. The van der Waals surface area contributed by atoms with E-state index in [4.69, 9.17) is 28.4 Å². The van der Waals surface area contributed by atoms with Gasteiger partial charge in [-0.1, -0.05) is 40.9 Å². The molecule has 0 N–H and O–H groups in total. The number of fused-ring (bicyclic) bond motifs is 3. The van der Waals surface area contributed by atoms with Crippen molar-refractivity contribution in [3.63, 3.8) is 0 Å². The first-order valence-electron chi connectivity index (χ1n) is 13.6. The molecule has 44 heavy (non-hydrogen) atoms. The molecule has 12 heteroatoms. The molecule has 0 fully saturated rings. The predicted octanol–water partition coefficient (Wildman–Crippen LogP) is 5.49. The number of ether oxygens (including phenoxy) is 8. The standard InChI is InChI=1S/C32H34O12/c1-9-25(33)37-15-39-29(35)43-21-13-19-23(11-17(21)3)41-28-27(31(19,5)6)42-24-12-18(4)22(14-20(24)32(28,7)8)44-30(36)40-16-38-26(34)10-2/h9-14,27-28H,1-2,15-16H2,3-8H3. The largest absolute Gasteiger partial charge is 0.516 e. The van der Waals surface area contributed by atoms with E-state index >= 15 is 0 Å². The maximum Gasteiger partial charge on any atom is 0.516 e. The average molecular weight is 611 g/mol. The molecular weight excluding hydrogens is 576 g/mol. The summed E-state index contributed by atoms with van der Waals surface area (Å²) in [4.78, 5) is 46.9. The van der Waals surface area contributed by atoms with Gasteiger partial charge in [0.1, 0.15) is 35.2 Å². The molecule has 0 amide bonds. The Kier molecular flexibility index (Phi) is 8.93. The van der Waals surface area contributed by atoms with Crippen LogP contribution in [0.3, 0.4) is 0 Å². The molecular formula is C32H34O12. The number of carbonyl (C=O) groups is 4. The van der Waals surface area contributed by atoms with Gasteiger partial charge in [-0.25, -0.2) is 19.2 Å². The smallest absolute Gasteiger partial charge is 0.485 e.